The van der Waals surface area contributed by atoms with E-state index in [1.807, 2.05) is 19.2 Å². The van der Waals surface area contributed by atoms with Crippen LogP contribution in [-0.2, 0) is 0 Å². The molecule has 2 aromatic carbocycles. The summed E-state index contributed by atoms with van der Waals surface area (Å²) in [5.41, 5.74) is 1.79. The molecule has 0 saturated carbocycles. The number of nitrogens with one attached hydrogen (secondary N) is 1. The lowest BCUT2D eigenvalue weighted by Crippen LogP contribution is -2.17. The Balaban J connectivity index is 2.42. The van der Waals surface area contributed by atoms with Crippen LogP contribution in [0.1, 0.15) is 17.2 Å². The van der Waals surface area contributed by atoms with Gasteiger partial charge in [-0.05, 0) is 42.4 Å². The van der Waals surface area contributed by atoms with Crippen LogP contribution in [0.25, 0.3) is 0 Å². The molecule has 0 aliphatic heterocycles. The molecule has 1 atom stereocenters. The van der Waals surface area contributed by atoms with Gasteiger partial charge in [-0.2, -0.15) is 0 Å². The van der Waals surface area contributed by atoms with Crippen LogP contribution < -0.4 is 5.32 Å². The van der Waals surface area contributed by atoms with Gasteiger partial charge in [0.25, 0.3) is 0 Å². The van der Waals surface area contributed by atoms with Gasteiger partial charge in [-0.3, -0.25) is 0 Å². The van der Waals surface area contributed by atoms with Crippen LogP contribution in [0.4, 0.5) is 4.39 Å². The van der Waals surface area contributed by atoms with Gasteiger partial charge < -0.3 is 5.32 Å². The lowest BCUT2D eigenvalue weighted by atomic mass is 9.99. The minimum atomic E-state index is -0.257. The van der Waals surface area contributed by atoms with Gasteiger partial charge in [-0.1, -0.05) is 41.4 Å². The Morgan fingerprint density at radius 3 is 2.33 bits per heavy atom. The van der Waals surface area contributed by atoms with Gasteiger partial charge >= 0.3 is 0 Å². The first-order valence-electron chi connectivity index (χ1n) is 5.49. The van der Waals surface area contributed by atoms with Crippen LogP contribution in [0, 0.1) is 5.82 Å². The highest BCUT2D eigenvalue weighted by Gasteiger charge is 2.13. The predicted molar refractivity (Wildman–Crippen MR) is 73.8 cm³/mol. The van der Waals surface area contributed by atoms with E-state index in [4.69, 9.17) is 23.2 Å². The molecule has 0 bridgehead atoms. The quantitative estimate of drug-likeness (QED) is 0.878. The number of benzene rings is 2. The third kappa shape index (κ3) is 2.83. The standard InChI is InChI=1S/C14H12Cl2FN/c1-18-14(9-3-2-4-11(17)7-9)10-5-6-12(15)13(16)8-10/h2-8,14,18H,1H3. The molecule has 0 amide bonds. The summed E-state index contributed by atoms with van der Waals surface area (Å²) in [5.74, 6) is -0.257. The molecule has 1 N–H and O–H groups in total. The second kappa shape index (κ2) is 5.70. The third-order valence-corrected chi connectivity index (χ3v) is 3.49. The van der Waals surface area contributed by atoms with E-state index in [2.05, 4.69) is 5.32 Å². The zero-order valence-corrected chi connectivity index (χ0v) is 11.3. The van der Waals surface area contributed by atoms with Crippen LogP contribution in [0.5, 0.6) is 0 Å². The molecule has 2 rings (SSSR count). The van der Waals surface area contributed by atoms with Crippen molar-refractivity contribution in [1.82, 2.24) is 5.32 Å². The summed E-state index contributed by atoms with van der Waals surface area (Å²) in [6, 6.07) is 11.8. The molecule has 0 aliphatic rings. The van der Waals surface area contributed by atoms with Crippen LogP contribution in [-0.4, -0.2) is 7.05 Å². The van der Waals surface area contributed by atoms with E-state index in [0.29, 0.717) is 10.0 Å². The van der Waals surface area contributed by atoms with E-state index in [0.717, 1.165) is 11.1 Å². The minimum absolute atomic E-state index is 0.115. The van der Waals surface area contributed by atoms with E-state index >= 15 is 0 Å². The largest absolute Gasteiger partial charge is 0.309 e. The molecule has 0 aromatic heterocycles. The summed E-state index contributed by atoms with van der Waals surface area (Å²) in [4.78, 5) is 0. The van der Waals surface area contributed by atoms with Crippen molar-refractivity contribution in [3.8, 4) is 0 Å². The fourth-order valence-corrected chi connectivity index (χ4v) is 2.21. The van der Waals surface area contributed by atoms with E-state index in [9.17, 15) is 4.39 Å². The molecule has 2 aromatic rings. The molecular formula is C14H12Cl2FN. The van der Waals surface area contributed by atoms with E-state index < -0.39 is 0 Å². The summed E-state index contributed by atoms with van der Waals surface area (Å²) in [6.07, 6.45) is 0. The van der Waals surface area contributed by atoms with Gasteiger partial charge in [0.2, 0.25) is 0 Å². The molecule has 1 unspecified atom stereocenters. The monoisotopic (exact) mass is 283 g/mol. The Labute approximate surface area is 116 Å². The first-order valence-corrected chi connectivity index (χ1v) is 6.25. The third-order valence-electron chi connectivity index (χ3n) is 2.75. The van der Waals surface area contributed by atoms with E-state index in [-0.39, 0.29) is 11.9 Å². The normalized spacial score (nSPS) is 12.4. The molecule has 0 aliphatic carbocycles. The molecule has 0 heterocycles. The highest BCUT2D eigenvalue weighted by molar-refractivity contribution is 6.42. The van der Waals surface area contributed by atoms with Crippen molar-refractivity contribution in [2.45, 2.75) is 6.04 Å². The predicted octanol–water partition coefficient (Wildman–Crippen LogP) is 4.44. The maximum Gasteiger partial charge on any atom is 0.123 e. The van der Waals surface area contributed by atoms with Gasteiger partial charge in [-0.15, -0.1) is 0 Å². The second-order valence-corrected chi connectivity index (χ2v) is 4.76. The smallest absolute Gasteiger partial charge is 0.123 e. The summed E-state index contributed by atoms with van der Waals surface area (Å²) in [7, 11) is 1.82. The van der Waals surface area contributed by atoms with Crippen molar-refractivity contribution in [2.24, 2.45) is 0 Å². The molecule has 4 heteroatoms. The summed E-state index contributed by atoms with van der Waals surface area (Å²) >= 11 is 11.9. The molecular weight excluding hydrogens is 272 g/mol. The average Bonchev–Trinajstić information content (AvgIpc) is 2.35. The van der Waals surface area contributed by atoms with Crippen LogP contribution >= 0.6 is 23.2 Å². The Morgan fingerprint density at radius 2 is 1.72 bits per heavy atom. The highest BCUT2D eigenvalue weighted by Crippen LogP contribution is 2.28. The van der Waals surface area contributed by atoms with Gasteiger partial charge in [0, 0.05) is 0 Å². The second-order valence-electron chi connectivity index (χ2n) is 3.95. The molecule has 0 radical (unpaired) electrons. The number of hydrogen-bond acceptors (Lipinski definition) is 1. The van der Waals surface area contributed by atoms with Crippen LogP contribution in [0.15, 0.2) is 42.5 Å². The average molecular weight is 284 g/mol. The van der Waals surface area contributed by atoms with Gasteiger partial charge in [-0.25, -0.2) is 4.39 Å². The van der Waals surface area contributed by atoms with Crippen LogP contribution in [0.3, 0.4) is 0 Å². The molecule has 1 nitrogen and oxygen atoms in total. The van der Waals surface area contributed by atoms with Crippen LogP contribution in [0.2, 0.25) is 10.0 Å². The van der Waals surface area contributed by atoms with Crippen molar-refractivity contribution in [3.05, 3.63) is 69.5 Å². The Bertz CT molecular complexity index is 557. The van der Waals surface area contributed by atoms with E-state index in [1.165, 1.54) is 12.1 Å². The first-order chi connectivity index (χ1) is 8.61. The van der Waals surface area contributed by atoms with Crippen molar-refractivity contribution in [3.63, 3.8) is 0 Å². The summed E-state index contributed by atoms with van der Waals surface area (Å²) in [6.45, 7) is 0. The number of halogens is 3. The van der Waals surface area contributed by atoms with Gasteiger partial charge in [0.15, 0.2) is 0 Å². The first kappa shape index (κ1) is 13.3. The lowest BCUT2D eigenvalue weighted by Gasteiger charge is -2.17. The van der Waals surface area contributed by atoms with Crippen molar-refractivity contribution in [2.75, 3.05) is 7.05 Å². The summed E-state index contributed by atoms with van der Waals surface area (Å²) < 4.78 is 13.2. The molecule has 0 saturated heterocycles. The molecule has 0 fully saturated rings. The topological polar surface area (TPSA) is 12.0 Å². The lowest BCUT2D eigenvalue weighted by molar-refractivity contribution is 0.617. The van der Waals surface area contributed by atoms with Crippen molar-refractivity contribution < 1.29 is 4.39 Å². The molecule has 18 heavy (non-hydrogen) atoms. The Morgan fingerprint density at radius 1 is 1.00 bits per heavy atom. The zero-order chi connectivity index (χ0) is 13.1. The summed E-state index contributed by atoms with van der Waals surface area (Å²) in [5, 5.41) is 4.14. The van der Waals surface area contributed by atoms with Crippen molar-refractivity contribution in [1.29, 1.82) is 0 Å². The number of rotatable bonds is 3. The maximum atomic E-state index is 13.2. The molecule has 94 valence electrons. The van der Waals surface area contributed by atoms with E-state index in [1.54, 1.807) is 18.2 Å². The van der Waals surface area contributed by atoms with Crippen molar-refractivity contribution >= 4 is 23.2 Å². The maximum absolute atomic E-state index is 13.2. The molecule has 0 spiro atoms. The Kier molecular flexibility index (Phi) is 4.23. The van der Waals surface area contributed by atoms with Gasteiger partial charge in [0.05, 0.1) is 16.1 Å². The number of hydrogen-bond donors (Lipinski definition) is 1. The van der Waals surface area contributed by atoms with Gasteiger partial charge in [0.1, 0.15) is 5.82 Å². The minimum Gasteiger partial charge on any atom is -0.309 e. The Hall–Kier alpha value is -1.09. The fourth-order valence-electron chi connectivity index (χ4n) is 1.90. The zero-order valence-electron chi connectivity index (χ0n) is 9.75. The fraction of sp³-hybridized carbons (Fsp3) is 0.143. The SMILES string of the molecule is CNC(c1cccc(F)c1)c1ccc(Cl)c(Cl)c1. The highest BCUT2D eigenvalue weighted by atomic mass is 35.5.